The Hall–Kier alpha value is -4.40. The van der Waals surface area contributed by atoms with Crippen LogP contribution in [0.1, 0.15) is 23.2 Å². The molecule has 4 aromatic rings. The number of carboxylic acids is 2. The molecule has 0 aliphatic rings. The van der Waals surface area contributed by atoms with Gasteiger partial charge in [-0.1, -0.05) is 12.1 Å². The number of amides is 1. The molecule has 0 bridgehead atoms. The second-order valence-electron chi connectivity index (χ2n) is 7.21. The number of fused-ring (bicyclic) bond motifs is 3. The van der Waals surface area contributed by atoms with Gasteiger partial charge in [0.1, 0.15) is 6.04 Å². The van der Waals surface area contributed by atoms with E-state index in [0.717, 1.165) is 16.6 Å². The van der Waals surface area contributed by atoms with E-state index >= 15 is 0 Å². The van der Waals surface area contributed by atoms with Gasteiger partial charge in [-0.2, -0.15) is 0 Å². The van der Waals surface area contributed by atoms with Crippen molar-refractivity contribution in [2.24, 2.45) is 0 Å². The van der Waals surface area contributed by atoms with Crippen molar-refractivity contribution < 1.29 is 24.6 Å². The average molecular weight is 432 g/mol. The molecule has 32 heavy (non-hydrogen) atoms. The van der Waals surface area contributed by atoms with Crippen molar-refractivity contribution in [2.45, 2.75) is 18.9 Å². The van der Waals surface area contributed by atoms with Gasteiger partial charge in [-0.05, 0) is 55.0 Å². The number of rotatable bonds is 8. The van der Waals surface area contributed by atoms with Crippen LogP contribution in [0.4, 0.5) is 11.5 Å². The highest BCUT2D eigenvalue weighted by Crippen LogP contribution is 2.25. The lowest BCUT2D eigenvalue weighted by atomic mass is 10.1. The first-order valence-corrected chi connectivity index (χ1v) is 9.91. The first-order valence-electron chi connectivity index (χ1n) is 9.91. The highest BCUT2D eigenvalue weighted by molar-refractivity contribution is 5.97. The zero-order chi connectivity index (χ0) is 22.7. The number of benzene rings is 2. The number of nitrogens with one attached hydrogen (secondary N) is 2. The molecule has 0 aliphatic carbocycles. The summed E-state index contributed by atoms with van der Waals surface area (Å²) >= 11 is 0. The van der Waals surface area contributed by atoms with Gasteiger partial charge in [0, 0.05) is 23.9 Å². The lowest BCUT2D eigenvalue weighted by molar-refractivity contribution is -0.140. The average Bonchev–Trinajstić information content (AvgIpc) is 3.27. The van der Waals surface area contributed by atoms with Crippen LogP contribution in [0.2, 0.25) is 0 Å². The lowest BCUT2D eigenvalue weighted by Gasteiger charge is -2.14. The predicted octanol–water partition coefficient (Wildman–Crippen LogP) is 3.28. The number of hydrogen-bond acceptors (Lipinski definition) is 5. The first-order chi connectivity index (χ1) is 15.4. The van der Waals surface area contributed by atoms with Crippen molar-refractivity contribution in [1.82, 2.24) is 14.7 Å². The number of hydrogen-bond donors (Lipinski definition) is 4. The summed E-state index contributed by atoms with van der Waals surface area (Å²) < 4.78 is 2.04. The Morgan fingerprint density at radius 2 is 1.66 bits per heavy atom. The van der Waals surface area contributed by atoms with E-state index < -0.39 is 23.9 Å². The molecule has 9 nitrogen and oxygen atoms in total. The fourth-order valence-electron chi connectivity index (χ4n) is 3.42. The SMILES string of the molecule is O=C(O)CCC(NC(=O)c1ccc(Nc2nc3ccccc3n3cccc23)cc1)C(=O)O. The van der Waals surface area contributed by atoms with Crippen LogP contribution >= 0.6 is 0 Å². The number of aliphatic carboxylic acids is 2. The summed E-state index contributed by atoms with van der Waals surface area (Å²) in [6, 6.07) is 16.9. The number of carbonyl (C=O) groups is 3. The van der Waals surface area contributed by atoms with E-state index in [0.29, 0.717) is 11.5 Å². The third kappa shape index (κ3) is 4.36. The molecule has 0 radical (unpaired) electrons. The Kier molecular flexibility index (Phi) is 5.71. The molecule has 2 aromatic carbocycles. The highest BCUT2D eigenvalue weighted by atomic mass is 16.4. The molecule has 0 fully saturated rings. The van der Waals surface area contributed by atoms with Crippen LogP contribution in [-0.2, 0) is 9.59 Å². The number of anilines is 2. The van der Waals surface area contributed by atoms with Crippen LogP contribution in [0.3, 0.4) is 0 Å². The molecule has 1 amide bonds. The van der Waals surface area contributed by atoms with Crippen LogP contribution < -0.4 is 10.6 Å². The van der Waals surface area contributed by atoms with E-state index in [1.165, 1.54) is 0 Å². The molecule has 2 heterocycles. The lowest BCUT2D eigenvalue weighted by Crippen LogP contribution is -2.41. The second kappa shape index (κ2) is 8.76. The molecule has 2 aromatic heterocycles. The zero-order valence-corrected chi connectivity index (χ0v) is 16.9. The molecule has 1 atom stereocenters. The molecule has 0 saturated heterocycles. The molecular weight excluding hydrogens is 412 g/mol. The first kappa shape index (κ1) is 20.9. The molecule has 4 rings (SSSR count). The summed E-state index contributed by atoms with van der Waals surface area (Å²) in [5, 5.41) is 23.6. The fraction of sp³-hybridized carbons (Fsp3) is 0.130. The molecule has 9 heteroatoms. The van der Waals surface area contributed by atoms with Gasteiger partial charge in [0.2, 0.25) is 0 Å². The van der Waals surface area contributed by atoms with Gasteiger partial charge in [0.25, 0.3) is 5.91 Å². The minimum atomic E-state index is -1.28. The van der Waals surface area contributed by atoms with Crippen LogP contribution in [-0.4, -0.2) is 43.5 Å². The van der Waals surface area contributed by atoms with E-state index in [-0.39, 0.29) is 18.4 Å². The van der Waals surface area contributed by atoms with Gasteiger partial charge in [-0.15, -0.1) is 0 Å². The number of nitrogens with zero attached hydrogens (tertiary/aromatic N) is 2. The van der Waals surface area contributed by atoms with Crippen molar-refractivity contribution in [3.05, 3.63) is 72.4 Å². The maximum atomic E-state index is 12.4. The third-order valence-corrected chi connectivity index (χ3v) is 5.03. The Labute approximate surface area is 182 Å². The van der Waals surface area contributed by atoms with Crippen LogP contribution in [0, 0.1) is 0 Å². The number of carboxylic acid groups (broad SMARTS) is 2. The van der Waals surface area contributed by atoms with Crippen molar-refractivity contribution in [1.29, 1.82) is 0 Å². The monoisotopic (exact) mass is 432 g/mol. The van der Waals surface area contributed by atoms with E-state index in [1.807, 2.05) is 47.0 Å². The standard InChI is InChI=1S/C23H20N4O5/c28-20(29)12-11-17(23(31)32)26-22(30)14-7-9-15(10-8-14)24-21-19-6-3-13-27(19)18-5-2-1-4-16(18)25-21/h1-10,13,17H,11-12H2,(H,24,25)(H,26,30)(H,28,29)(H,31,32). The molecule has 162 valence electrons. The summed E-state index contributed by atoms with van der Waals surface area (Å²) in [5.74, 6) is -2.34. The van der Waals surface area contributed by atoms with E-state index in [9.17, 15) is 19.5 Å². The maximum absolute atomic E-state index is 12.4. The van der Waals surface area contributed by atoms with Crippen molar-refractivity contribution >= 4 is 45.9 Å². The molecule has 0 saturated carbocycles. The van der Waals surface area contributed by atoms with Crippen molar-refractivity contribution in [2.75, 3.05) is 5.32 Å². The Balaban J connectivity index is 1.51. The molecule has 1 unspecified atom stereocenters. The van der Waals surface area contributed by atoms with Crippen molar-refractivity contribution in [3.63, 3.8) is 0 Å². The maximum Gasteiger partial charge on any atom is 0.326 e. The summed E-state index contributed by atoms with van der Waals surface area (Å²) in [7, 11) is 0. The molecule has 0 spiro atoms. The predicted molar refractivity (Wildman–Crippen MR) is 118 cm³/mol. The van der Waals surface area contributed by atoms with Crippen LogP contribution in [0.5, 0.6) is 0 Å². The normalized spacial score (nSPS) is 11.9. The quantitative estimate of drug-likeness (QED) is 0.336. The third-order valence-electron chi connectivity index (χ3n) is 5.03. The molecule has 0 aliphatic heterocycles. The summed E-state index contributed by atoms with van der Waals surface area (Å²) in [5.41, 5.74) is 3.68. The van der Waals surface area contributed by atoms with Gasteiger partial charge in [-0.25, -0.2) is 9.78 Å². The Morgan fingerprint density at radius 3 is 2.38 bits per heavy atom. The minimum absolute atomic E-state index is 0.197. The topological polar surface area (TPSA) is 133 Å². The summed E-state index contributed by atoms with van der Waals surface area (Å²) in [4.78, 5) is 39.1. The van der Waals surface area contributed by atoms with Gasteiger partial charge in [0.05, 0.1) is 16.6 Å². The second-order valence-corrected chi connectivity index (χ2v) is 7.21. The summed E-state index contributed by atoms with van der Waals surface area (Å²) in [6.07, 6.45) is 1.41. The van der Waals surface area contributed by atoms with E-state index in [4.69, 9.17) is 10.1 Å². The van der Waals surface area contributed by atoms with Gasteiger partial charge in [-0.3, -0.25) is 9.59 Å². The van der Waals surface area contributed by atoms with E-state index in [1.54, 1.807) is 24.3 Å². The highest BCUT2D eigenvalue weighted by Gasteiger charge is 2.21. The van der Waals surface area contributed by atoms with Crippen LogP contribution in [0.25, 0.3) is 16.6 Å². The zero-order valence-electron chi connectivity index (χ0n) is 16.9. The largest absolute Gasteiger partial charge is 0.481 e. The van der Waals surface area contributed by atoms with Crippen LogP contribution in [0.15, 0.2) is 66.9 Å². The van der Waals surface area contributed by atoms with Gasteiger partial charge in [0.15, 0.2) is 5.82 Å². The Morgan fingerprint density at radius 1 is 0.938 bits per heavy atom. The van der Waals surface area contributed by atoms with Gasteiger partial charge < -0.3 is 25.2 Å². The fourth-order valence-corrected chi connectivity index (χ4v) is 3.42. The molecule has 4 N–H and O–H groups in total. The van der Waals surface area contributed by atoms with Gasteiger partial charge >= 0.3 is 11.9 Å². The summed E-state index contributed by atoms with van der Waals surface area (Å²) in [6.45, 7) is 0. The van der Waals surface area contributed by atoms with Crippen molar-refractivity contribution in [3.8, 4) is 0 Å². The smallest absolute Gasteiger partial charge is 0.326 e. The van der Waals surface area contributed by atoms with E-state index in [2.05, 4.69) is 10.6 Å². The number of aromatic nitrogens is 2. The Bertz CT molecular complexity index is 1310. The molecular formula is C23H20N4O5. The number of carbonyl (C=O) groups excluding carboxylic acids is 1. The minimum Gasteiger partial charge on any atom is -0.481 e. The number of para-hydroxylation sites is 2.